The van der Waals surface area contributed by atoms with E-state index in [1.54, 1.807) is 18.2 Å². The molecule has 0 spiro atoms. The number of phenolic OH excluding ortho intramolecular Hbond substituents is 1. The molecule has 0 aliphatic heterocycles. The summed E-state index contributed by atoms with van der Waals surface area (Å²) >= 11 is 5.82. The van der Waals surface area contributed by atoms with Crippen molar-refractivity contribution < 1.29 is 9.50 Å². The fourth-order valence-corrected chi connectivity index (χ4v) is 2.17. The lowest BCUT2D eigenvalue weighted by atomic mass is 10.0. The molecule has 100 valence electrons. The molecule has 0 atom stereocenters. The van der Waals surface area contributed by atoms with Gasteiger partial charge >= 0.3 is 0 Å². The predicted molar refractivity (Wildman–Crippen MR) is 76.0 cm³/mol. The summed E-state index contributed by atoms with van der Waals surface area (Å²) in [6.45, 7) is 0. The number of hydrogen-bond acceptors (Lipinski definition) is 4. The molecule has 0 unspecified atom stereocenters. The fourth-order valence-electron chi connectivity index (χ4n) is 2.00. The van der Waals surface area contributed by atoms with E-state index in [0.717, 1.165) is 6.07 Å². The van der Waals surface area contributed by atoms with Crippen molar-refractivity contribution in [1.82, 2.24) is 9.97 Å². The molecular formula is C14H9ClFN3O. The minimum Gasteiger partial charge on any atom is -0.506 e. The zero-order chi connectivity index (χ0) is 14.3. The molecule has 1 aromatic heterocycles. The maximum atomic E-state index is 13.9. The van der Waals surface area contributed by atoms with Gasteiger partial charge in [0.2, 0.25) is 0 Å². The second kappa shape index (κ2) is 4.61. The molecule has 20 heavy (non-hydrogen) atoms. The summed E-state index contributed by atoms with van der Waals surface area (Å²) in [5, 5.41) is 10.1. The number of benzene rings is 2. The summed E-state index contributed by atoms with van der Waals surface area (Å²) in [7, 11) is 0. The first-order chi connectivity index (χ1) is 9.56. The number of phenols is 1. The van der Waals surface area contributed by atoms with E-state index >= 15 is 0 Å². The van der Waals surface area contributed by atoms with E-state index in [0.29, 0.717) is 22.3 Å². The molecule has 6 heteroatoms. The highest BCUT2D eigenvalue weighted by Gasteiger charge is 2.11. The summed E-state index contributed by atoms with van der Waals surface area (Å²) in [5.74, 6) is -0.541. The summed E-state index contributed by atoms with van der Waals surface area (Å²) in [5.41, 5.74) is 7.31. The number of nitrogen functional groups attached to an aromatic ring is 1. The van der Waals surface area contributed by atoms with Gasteiger partial charge in [0.1, 0.15) is 23.7 Å². The zero-order valence-electron chi connectivity index (χ0n) is 10.1. The lowest BCUT2D eigenvalue weighted by Gasteiger charge is -2.07. The Hall–Kier alpha value is -2.40. The third kappa shape index (κ3) is 2.02. The minimum absolute atomic E-state index is 0.0822. The summed E-state index contributed by atoms with van der Waals surface area (Å²) in [6, 6.07) is 7.47. The van der Waals surface area contributed by atoms with E-state index in [1.807, 2.05) is 0 Å². The maximum absolute atomic E-state index is 13.9. The molecule has 0 bridgehead atoms. The number of nitrogens with two attached hydrogens (primary N) is 1. The third-order valence-corrected chi connectivity index (χ3v) is 3.32. The quantitative estimate of drug-likeness (QED) is 0.720. The van der Waals surface area contributed by atoms with E-state index in [9.17, 15) is 9.50 Å². The van der Waals surface area contributed by atoms with Crippen molar-refractivity contribution in [2.24, 2.45) is 0 Å². The highest BCUT2D eigenvalue weighted by Crippen LogP contribution is 2.33. The molecule has 0 aliphatic rings. The zero-order valence-corrected chi connectivity index (χ0v) is 10.9. The lowest BCUT2D eigenvalue weighted by molar-refractivity contribution is 0.469. The van der Waals surface area contributed by atoms with Gasteiger partial charge in [0, 0.05) is 17.0 Å². The van der Waals surface area contributed by atoms with Crippen LogP contribution in [0, 0.1) is 5.82 Å². The van der Waals surface area contributed by atoms with Crippen LogP contribution in [0.15, 0.2) is 36.7 Å². The van der Waals surface area contributed by atoms with Gasteiger partial charge in [-0.3, -0.25) is 0 Å². The van der Waals surface area contributed by atoms with E-state index < -0.39 is 5.82 Å². The summed E-state index contributed by atoms with van der Waals surface area (Å²) in [6.07, 6.45) is 1.37. The van der Waals surface area contributed by atoms with Crippen molar-refractivity contribution in [2.45, 2.75) is 0 Å². The van der Waals surface area contributed by atoms with Crippen molar-refractivity contribution in [3.05, 3.63) is 47.5 Å². The number of aromatic hydroxyl groups is 1. The molecule has 2 aromatic carbocycles. The van der Waals surface area contributed by atoms with E-state index in [-0.39, 0.29) is 16.3 Å². The van der Waals surface area contributed by atoms with Crippen molar-refractivity contribution in [3.63, 3.8) is 0 Å². The first-order valence-electron chi connectivity index (χ1n) is 5.75. The van der Waals surface area contributed by atoms with Crippen LogP contribution in [0.4, 0.5) is 10.2 Å². The van der Waals surface area contributed by atoms with Crippen LogP contribution in [-0.2, 0) is 0 Å². The third-order valence-electron chi connectivity index (χ3n) is 3.01. The van der Waals surface area contributed by atoms with Gasteiger partial charge in [-0.25, -0.2) is 14.4 Å². The normalized spacial score (nSPS) is 10.9. The van der Waals surface area contributed by atoms with E-state index in [2.05, 4.69) is 9.97 Å². The molecule has 0 amide bonds. The first-order valence-corrected chi connectivity index (χ1v) is 6.12. The number of nitrogens with zero attached hydrogens (tertiary/aromatic N) is 2. The van der Waals surface area contributed by atoms with Gasteiger partial charge in [0.15, 0.2) is 0 Å². The Balaban J connectivity index is 2.25. The van der Waals surface area contributed by atoms with Crippen LogP contribution in [0.1, 0.15) is 0 Å². The van der Waals surface area contributed by atoms with Gasteiger partial charge < -0.3 is 10.8 Å². The molecule has 3 aromatic rings. The van der Waals surface area contributed by atoms with Gasteiger partial charge in [0.05, 0.1) is 10.5 Å². The van der Waals surface area contributed by atoms with Crippen LogP contribution in [0.5, 0.6) is 5.75 Å². The minimum atomic E-state index is -0.568. The van der Waals surface area contributed by atoms with Gasteiger partial charge in [-0.05, 0) is 23.8 Å². The highest BCUT2D eigenvalue weighted by atomic mass is 35.5. The van der Waals surface area contributed by atoms with Crippen LogP contribution in [0.2, 0.25) is 5.02 Å². The smallest absolute Gasteiger partial charge is 0.137 e. The average Bonchev–Trinajstić information content (AvgIpc) is 2.43. The Morgan fingerprint density at radius 1 is 1.15 bits per heavy atom. The number of hydrogen-bond donors (Lipinski definition) is 2. The van der Waals surface area contributed by atoms with Crippen molar-refractivity contribution in [1.29, 1.82) is 0 Å². The van der Waals surface area contributed by atoms with Crippen molar-refractivity contribution in [3.8, 4) is 16.9 Å². The molecule has 3 rings (SSSR count). The maximum Gasteiger partial charge on any atom is 0.137 e. The Kier molecular flexibility index (Phi) is 2.91. The summed E-state index contributed by atoms with van der Waals surface area (Å²) in [4.78, 5) is 7.98. The molecule has 4 nitrogen and oxygen atoms in total. The molecule has 0 saturated carbocycles. The van der Waals surface area contributed by atoms with Crippen LogP contribution in [0.25, 0.3) is 22.0 Å². The van der Waals surface area contributed by atoms with E-state index in [4.69, 9.17) is 17.3 Å². The molecular weight excluding hydrogens is 281 g/mol. The van der Waals surface area contributed by atoms with Crippen LogP contribution in [0.3, 0.4) is 0 Å². The second-order valence-corrected chi connectivity index (χ2v) is 4.68. The Morgan fingerprint density at radius 2 is 1.95 bits per heavy atom. The Bertz CT molecular complexity index is 823. The van der Waals surface area contributed by atoms with Gasteiger partial charge in [-0.15, -0.1) is 0 Å². The number of halogens is 2. The molecule has 0 fully saturated rings. The number of anilines is 1. The first kappa shape index (κ1) is 12.6. The van der Waals surface area contributed by atoms with Gasteiger partial charge in [0.25, 0.3) is 0 Å². The molecule has 0 aliphatic carbocycles. The van der Waals surface area contributed by atoms with Crippen molar-refractivity contribution >= 4 is 28.3 Å². The van der Waals surface area contributed by atoms with Crippen LogP contribution < -0.4 is 5.73 Å². The fraction of sp³-hybridized carbons (Fsp3) is 0. The van der Waals surface area contributed by atoms with Crippen LogP contribution in [-0.4, -0.2) is 15.1 Å². The topological polar surface area (TPSA) is 72.0 Å². The molecule has 3 N–H and O–H groups in total. The Morgan fingerprint density at radius 3 is 2.75 bits per heavy atom. The summed E-state index contributed by atoms with van der Waals surface area (Å²) < 4.78 is 13.9. The standard InChI is InChI=1S/C14H9ClFN3O/c15-10-4-8(11(16)5-13(10)20)7-1-2-12-9(3-7)14(17)19-6-18-12/h1-6,20H,(H2,17,18,19). The number of rotatable bonds is 1. The Labute approximate surface area is 118 Å². The lowest BCUT2D eigenvalue weighted by Crippen LogP contribution is -1.94. The number of fused-ring (bicyclic) bond motifs is 1. The average molecular weight is 290 g/mol. The number of aromatic nitrogens is 2. The van der Waals surface area contributed by atoms with Crippen molar-refractivity contribution in [2.75, 3.05) is 5.73 Å². The molecule has 0 saturated heterocycles. The van der Waals surface area contributed by atoms with Gasteiger partial charge in [-0.1, -0.05) is 17.7 Å². The molecule has 0 radical (unpaired) electrons. The highest BCUT2D eigenvalue weighted by molar-refractivity contribution is 6.32. The monoisotopic (exact) mass is 289 g/mol. The predicted octanol–water partition coefficient (Wildman–Crippen LogP) is 3.38. The van der Waals surface area contributed by atoms with Gasteiger partial charge in [-0.2, -0.15) is 0 Å². The largest absolute Gasteiger partial charge is 0.506 e. The SMILES string of the molecule is Nc1ncnc2ccc(-c3cc(Cl)c(O)cc3F)cc12. The molecule has 1 heterocycles. The van der Waals surface area contributed by atoms with Crippen LogP contribution >= 0.6 is 11.6 Å². The second-order valence-electron chi connectivity index (χ2n) is 4.27. The van der Waals surface area contributed by atoms with E-state index in [1.165, 1.54) is 12.4 Å².